The van der Waals surface area contributed by atoms with E-state index >= 15 is 0 Å². The largest absolute Gasteiger partial charge is 0.494 e. The standard InChI is InChI=1S/C13H11Br2FN2O/c1-19-13-6-12(10(17)5-9(13)16)18-11-4-7(14)2-3-8(11)15/h2-6,18H,17H2,1H3. The van der Waals surface area contributed by atoms with Crippen LogP contribution < -0.4 is 15.8 Å². The highest BCUT2D eigenvalue weighted by Crippen LogP contribution is 2.34. The Kier molecular flexibility index (Phi) is 4.31. The van der Waals surface area contributed by atoms with Crippen LogP contribution in [-0.2, 0) is 0 Å². The van der Waals surface area contributed by atoms with Crippen molar-refractivity contribution in [2.75, 3.05) is 18.2 Å². The first-order valence-corrected chi connectivity index (χ1v) is 6.95. The van der Waals surface area contributed by atoms with Gasteiger partial charge >= 0.3 is 0 Å². The average Bonchev–Trinajstić information content (AvgIpc) is 2.37. The highest BCUT2D eigenvalue weighted by molar-refractivity contribution is 9.11. The summed E-state index contributed by atoms with van der Waals surface area (Å²) in [5.74, 6) is -0.346. The Morgan fingerprint density at radius 3 is 2.58 bits per heavy atom. The van der Waals surface area contributed by atoms with Crippen LogP contribution in [0.15, 0.2) is 39.3 Å². The summed E-state index contributed by atoms with van der Waals surface area (Å²) >= 11 is 6.82. The molecular formula is C13H11Br2FN2O. The number of nitrogens with two attached hydrogens (primary N) is 1. The lowest BCUT2D eigenvalue weighted by atomic mass is 10.2. The quantitative estimate of drug-likeness (QED) is 0.749. The van der Waals surface area contributed by atoms with Gasteiger partial charge in [0.2, 0.25) is 0 Å². The molecule has 3 nitrogen and oxygen atoms in total. The molecule has 2 rings (SSSR count). The number of hydrogen-bond donors (Lipinski definition) is 2. The van der Waals surface area contributed by atoms with Gasteiger partial charge in [-0.3, -0.25) is 0 Å². The molecule has 0 aromatic heterocycles. The van der Waals surface area contributed by atoms with Crippen molar-refractivity contribution < 1.29 is 9.13 Å². The Balaban J connectivity index is 2.40. The smallest absolute Gasteiger partial charge is 0.167 e. The fourth-order valence-corrected chi connectivity index (χ4v) is 2.28. The van der Waals surface area contributed by atoms with E-state index in [1.165, 1.54) is 19.2 Å². The number of ether oxygens (including phenoxy) is 1. The highest BCUT2D eigenvalue weighted by atomic mass is 79.9. The molecule has 2 aromatic carbocycles. The first-order chi connectivity index (χ1) is 9.01. The monoisotopic (exact) mass is 388 g/mol. The van der Waals surface area contributed by atoms with Gasteiger partial charge in [0.05, 0.1) is 24.2 Å². The number of hydrogen-bond acceptors (Lipinski definition) is 3. The molecule has 0 aliphatic rings. The van der Waals surface area contributed by atoms with E-state index in [1.54, 1.807) is 0 Å². The maximum absolute atomic E-state index is 13.5. The molecule has 0 unspecified atom stereocenters. The summed E-state index contributed by atoms with van der Waals surface area (Å²) in [4.78, 5) is 0. The molecular weight excluding hydrogens is 379 g/mol. The normalized spacial score (nSPS) is 10.3. The van der Waals surface area contributed by atoms with Crippen LogP contribution in [0.1, 0.15) is 0 Å². The van der Waals surface area contributed by atoms with Gasteiger partial charge in [-0.15, -0.1) is 0 Å². The van der Waals surface area contributed by atoms with E-state index in [2.05, 4.69) is 37.2 Å². The number of halogens is 3. The third kappa shape index (κ3) is 3.19. The third-order valence-corrected chi connectivity index (χ3v) is 3.71. The van der Waals surface area contributed by atoms with Crippen molar-refractivity contribution in [1.29, 1.82) is 0 Å². The van der Waals surface area contributed by atoms with Gasteiger partial charge in [0.25, 0.3) is 0 Å². The Bertz CT molecular complexity index is 620. The maximum Gasteiger partial charge on any atom is 0.167 e. The molecule has 0 spiro atoms. The molecule has 0 saturated carbocycles. The van der Waals surface area contributed by atoms with E-state index in [1.807, 2.05) is 18.2 Å². The first kappa shape index (κ1) is 14.1. The van der Waals surface area contributed by atoms with Gasteiger partial charge in [0.15, 0.2) is 11.6 Å². The van der Waals surface area contributed by atoms with Crippen LogP contribution in [0.25, 0.3) is 0 Å². The summed E-state index contributed by atoms with van der Waals surface area (Å²) in [6.45, 7) is 0. The molecule has 0 aliphatic carbocycles. The van der Waals surface area contributed by atoms with E-state index in [0.29, 0.717) is 11.4 Å². The molecule has 0 aliphatic heterocycles. The summed E-state index contributed by atoms with van der Waals surface area (Å²) in [5, 5.41) is 3.13. The zero-order valence-corrected chi connectivity index (χ0v) is 13.2. The van der Waals surface area contributed by atoms with Crippen molar-refractivity contribution in [3.63, 3.8) is 0 Å². The Labute approximate surface area is 127 Å². The van der Waals surface area contributed by atoms with Crippen molar-refractivity contribution in [1.82, 2.24) is 0 Å². The van der Waals surface area contributed by atoms with Crippen molar-refractivity contribution in [3.05, 3.63) is 45.1 Å². The third-order valence-electron chi connectivity index (χ3n) is 2.52. The molecule has 19 heavy (non-hydrogen) atoms. The second-order valence-corrected chi connectivity index (χ2v) is 5.59. The topological polar surface area (TPSA) is 47.3 Å². The van der Waals surface area contributed by atoms with Gasteiger partial charge in [-0.2, -0.15) is 0 Å². The van der Waals surface area contributed by atoms with E-state index in [-0.39, 0.29) is 5.75 Å². The van der Waals surface area contributed by atoms with Crippen LogP contribution in [-0.4, -0.2) is 7.11 Å². The van der Waals surface area contributed by atoms with Gasteiger partial charge in [-0.25, -0.2) is 4.39 Å². The number of methoxy groups -OCH3 is 1. The molecule has 6 heteroatoms. The van der Waals surface area contributed by atoms with Crippen LogP contribution in [0.4, 0.5) is 21.5 Å². The minimum atomic E-state index is -0.487. The predicted octanol–water partition coefficient (Wildman–Crippen LogP) is 4.69. The Morgan fingerprint density at radius 2 is 1.89 bits per heavy atom. The second kappa shape index (κ2) is 5.79. The van der Waals surface area contributed by atoms with Crippen molar-refractivity contribution in [3.8, 4) is 5.75 Å². The number of nitrogen functional groups attached to an aromatic ring is 1. The van der Waals surface area contributed by atoms with Crippen molar-refractivity contribution >= 4 is 48.9 Å². The van der Waals surface area contributed by atoms with Crippen LogP contribution in [0.3, 0.4) is 0 Å². The highest BCUT2D eigenvalue weighted by Gasteiger charge is 2.10. The Hall–Kier alpha value is -1.27. The molecule has 0 amide bonds. The lowest BCUT2D eigenvalue weighted by Crippen LogP contribution is -1.99. The molecule has 0 heterocycles. The minimum Gasteiger partial charge on any atom is -0.494 e. The number of anilines is 3. The van der Waals surface area contributed by atoms with Crippen molar-refractivity contribution in [2.45, 2.75) is 0 Å². The number of rotatable bonds is 3. The minimum absolute atomic E-state index is 0.141. The van der Waals surface area contributed by atoms with Gasteiger partial charge in [0, 0.05) is 21.1 Å². The second-order valence-electron chi connectivity index (χ2n) is 3.82. The lowest BCUT2D eigenvalue weighted by Gasteiger charge is -2.13. The summed E-state index contributed by atoms with van der Waals surface area (Å²) in [7, 11) is 1.41. The number of nitrogens with one attached hydrogen (secondary N) is 1. The average molecular weight is 390 g/mol. The summed E-state index contributed by atoms with van der Waals surface area (Å²) < 4.78 is 20.2. The van der Waals surface area contributed by atoms with E-state index in [4.69, 9.17) is 10.5 Å². The van der Waals surface area contributed by atoms with E-state index < -0.39 is 5.82 Å². The fraction of sp³-hybridized carbons (Fsp3) is 0.0769. The van der Waals surface area contributed by atoms with Crippen LogP contribution in [0, 0.1) is 5.82 Å². The van der Waals surface area contributed by atoms with Gasteiger partial charge in [0.1, 0.15) is 0 Å². The van der Waals surface area contributed by atoms with Gasteiger partial charge < -0.3 is 15.8 Å². The van der Waals surface area contributed by atoms with Crippen LogP contribution in [0.2, 0.25) is 0 Å². The van der Waals surface area contributed by atoms with Crippen molar-refractivity contribution in [2.24, 2.45) is 0 Å². The first-order valence-electron chi connectivity index (χ1n) is 5.36. The molecule has 0 radical (unpaired) electrons. The van der Waals surface area contributed by atoms with E-state index in [0.717, 1.165) is 14.6 Å². The predicted molar refractivity (Wildman–Crippen MR) is 82.5 cm³/mol. The molecule has 100 valence electrons. The number of benzene rings is 2. The van der Waals surface area contributed by atoms with Gasteiger partial charge in [-0.05, 0) is 34.1 Å². The molecule has 0 atom stereocenters. The molecule has 0 fully saturated rings. The summed E-state index contributed by atoms with van der Waals surface area (Å²) in [5.41, 5.74) is 7.50. The molecule has 0 bridgehead atoms. The van der Waals surface area contributed by atoms with E-state index in [9.17, 15) is 4.39 Å². The van der Waals surface area contributed by atoms with Gasteiger partial charge in [-0.1, -0.05) is 15.9 Å². The van der Waals surface area contributed by atoms with Crippen LogP contribution >= 0.6 is 31.9 Å². The zero-order valence-electron chi connectivity index (χ0n) is 10.0. The zero-order chi connectivity index (χ0) is 14.0. The maximum atomic E-state index is 13.5. The lowest BCUT2D eigenvalue weighted by molar-refractivity contribution is 0.387. The SMILES string of the molecule is COc1cc(Nc2cc(Br)ccc2Br)c(N)cc1F. The molecule has 0 saturated heterocycles. The molecule has 2 aromatic rings. The summed E-state index contributed by atoms with van der Waals surface area (Å²) in [6, 6.07) is 8.44. The van der Waals surface area contributed by atoms with Crippen LogP contribution in [0.5, 0.6) is 5.75 Å². The molecule has 3 N–H and O–H groups in total. The fourth-order valence-electron chi connectivity index (χ4n) is 1.57. The Morgan fingerprint density at radius 1 is 1.16 bits per heavy atom. The summed E-state index contributed by atoms with van der Waals surface area (Å²) in [6.07, 6.45) is 0.